The van der Waals surface area contributed by atoms with Crippen LogP contribution in [-0.2, 0) is 6.54 Å². The summed E-state index contributed by atoms with van der Waals surface area (Å²) in [6.07, 6.45) is 5.33. The van der Waals surface area contributed by atoms with Gasteiger partial charge in [0.25, 0.3) is 5.56 Å². The van der Waals surface area contributed by atoms with E-state index in [9.17, 15) is 4.79 Å². The van der Waals surface area contributed by atoms with Crippen LogP contribution in [0.1, 0.15) is 6.92 Å². The summed E-state index contributed by atoms with van der Waals surface area (Å²) in [5, 5.41) is 8.63. The minimum absolute atomic E-state index is 0.0254. The molecule has 1 saturated heterocycles. The van der Waals surface area contributed by atoms with Crippen molar-refractivity contribution in [1.29, 1.82) is 0 Å². The molecule has 0 saturated carbocycles. The van der Waals surface area contributed by atoms with E-state index in [1.165, 1.54) is 0 Å². The quantitative estimate of drug-likeness (QED) is 0.578. The molecule has 1 aliphatic rings. The molecule has 8 heteroatoms. The summed E-state index contributed by atoms with van der Waals surface area (Å²) >= 11 is 0. The highest BCUT2D eigenvalue weighted by Crippen LogP contribution is 2.27. The number of rotatable bonds is 3. The second-order valence-corrected chi connectivity index (χ2v) is 7.50. The molecular formula is C21H23N7O. The van der Waals surface area contributed by atoms with Gasteiger partial charge in [-0.2, -0.15) is 5.10 Å². The summed E-state index contributed by atoms with van der Waals surface area (Å²) in [6.45, 7) is 6.49. The first-order valence-corrected chi connectivity index (χ1v) is 9.91. The first-order valence-electron chi connectivity index (χ1n) is 9.91. The van der Waals surface area contributed by atoms with E-state index in [0.29, 0.717) is 11.9 Å². The maximum atomic E-state index is 12.8. The average Bonchev–Trinajstić information content (AvgIpc) is 3.25. The molecule has 4 heterocycles. The van der Waals surface area contributed by atoms with Crippen LogP contribution in [0.3, 0.4) is 0 Å². The highest BCUT2D eigenvalue weighted by atomic mass is 16.1. The van der Waals surface area contributed by atoms with Crippen molar-refractivity contribution >= 4 is 27.8 Å². The largest absolute Gasteiger partial charge is 0.338 e. The van der Waals surface area contributed by atoms with Gasteiger partial charge < -0.3 is 14.4 Å². The van der Waals surface area contributed by atoms with E-state index in [2.05, 4.69) is 37.0 Å². The second-order valence-electron chi connectivity index (χ2n) is 7.50. The predicted molar refractivity (Wildman–Crippen MR) is 114 cm³/mol. The Balaban J connectivity index is 1.55. The highest BCUT2D eigenvalue weighted by Gasteiger charge is 2.17. The number of anilines is 1. The first kappa shape index (κ1) is 17.8. The van der Waals surface area contributed by atoms with Crippen LogP contribution in [0.2, 0.25) is 0 Å². The number of aryl methyl sites for hydroxylation is 1. The summed E-state index contributed by atoms with van der Waals surface area (Å²) in [7, 11) is 2.13. The van der Waals surface area contributed by atoms with Gasteiger partial charge in [0.15, 0.2) is 0 Å². The van der Waals surface area contributed by atoms with Crippen LogP contribution in [0.4, 0.5) is 5.95 Å². The normalized spacial score (nSPS) is 15.4. The minimum atomic E-state index is -0.0254. The van der Waals surface area contributed by atoms with Gasteiger partial charge in [-0.25, -0.2) is 9.97 Å². The van der Waals surface area contributed by atoms with Gasteiger partial charge in [-0.05, 0) is 25.6 Å². The van der Waals surface area contributed by atoms with Gasteiger partial charge in [-0.1, -0.05) is 12.1 Å². The molecule has 0 bridgehead atoms. The molecule has 0 radical (unpaired) electrons. The second kappa shape index (κ2) is 6.97. The van der Waals surface area contributed by atoms with Crippen molar-refractivity contribution in [2.24, 2.45) is 0 Å². The smallest absolute Gasteiger partial charge is 0.262 e. The van der Waals surface area contributed by atoms with Crippen molar-refractivity contribution in [3.8, 4) is 11.1 Å². The van der Waals surface area contributed by atoms with Gasteiger partial charge in [0.05, 0.1) is 22.6 Å². The summed E-state index contributed by atoms with van der Waals surface area (Å²) in [5.41, 5.74) is 3.56. The molecule has 0 aliphatic carbocycles. The van der Waals surface area contributed by atoms with E-state index in [4.69, 9.17) is 0 Å². The fraction of sp³-hybridized carbons (Fsp3) is 0.333. The van der Waals surface area contributed by atoms with Gasteiger partial charge in [-0.15, -0.1) is 0 Å². The van der Waals surface area contributed by atoms with Crippen LogP contribution in [0.5, 0.6) is 0 Å². The molecule has 0 atom stereocenters. The summed E-state index contributed by atoms with van der Waals surface area (Å²) in [5.74, 6) is 0.771. The Hall–Kier alpha value is -3.26. The number of aromatic nitrogens is 5. The van der Waals surface area contributed by atoms with Gasteiger partial charge in [-0.3, -0.25) is 9.89 Å². The summed E-state index contributed by atoms with van der Waals surface area (Å²) < 4.78 is 1.79. The fourth-order valence-corrected chi connectivity index (χ4v) is 4.01. The Bertz CT molecular complexity index is 1230. The van der Waals surface area contributed by atoms with Crippen molar-refractivity contribution in [1.82, 2.24) is 29.6 Å². The molecule has 0 spiro atoms. The minimum Gasteiger partial charge on any atom is -0.338 e. The monoisotopic (exact) mass is 389 g/mol. The molecule has 0 unspecified atom stereocenters. The molecule has 4 aromatic rings. The van der Waals surface area contributed by atoms with Crippen molar-refractivity contribution < 1.29 is 0 Å². The van der Waals surface area contributed by atoms with Crippen LogP contribution in [0, 0.1) is 0 Å². The van der Waals surface area contributed by atoms with E-state index >= 15 is 0 Å². The van der Waals surface area contributed by atoms with Crippen LogP contribution in [0.25, 0.3) is 32.9 Å². The van der Waals surface area contributed by atoms with E-state index in [1.807, 2.05) is 37.5 Å². The van der Waals surface area contributed by atoms with Gasteiger partial charge in [0, 0.05) is 56.1 Å². The Labute approximate surface area is 167 Å². The fourth-order valence-electron chi connectivity index (χ4n) is 4.01. The van der Waals surface area contributed by atoms with Crippen LogP contribution in [-0.4, -0.2) is 62.9 Å². The third kappa shape index (κ3) is 2.96. The average molecular weight is 389 g/mol. The number of nitrogens with zero attached hydrogens (tertiary/aromatic N) is 6. The van der Waals surface area contributed by atoms with Crippen molar-refractivity contribution in [2.75, 3.05) is 38.1 Å². The van der Waals surface area contributed by atoms with E-state index < -0.39 is 0 Å². The lowest BCUT2D eigenvalue weighted by Crippen LogP contribution is -2.45. The molecule has 1 fully saturated rings. The Morgan fingerprint density at radius 1 is 1.00 bits per heavy atom. The number of likely N-dealkylation sites (N-methyl/N-ethyl adjacent to an activating group) is 1. The zero-order valence-corrected chi connectivity index (χ0v) is 16.6. The number of nitrogens with one attached hydrogen (secondary N) is 1. The topological polar surface area (TPSA) is 82.9 Å². The molecular weight excluding hydrogens is 366 g/mol. The lowest BCUT2D eigenvalue weighted by atomic mass is 10.0. The van der Waals surface area contributed by atoms with E-state index in [0.717, 1.165) is 59.7 Å². The first-order chi connectivity index (χ1) is 14.2. The van der Waals surface area contributed by atoms with E-state index in [1.54, 1.807) is 10.8 Å². The van der Waals surface area contributed by atoms with Gasteiger partial charge in [0.1, 0.15) is 0 Å². The third-order valence-electron chi connectivity index (χ3n) is 5.75. The van der Waals surface area contributed by atoms with Crippen LogP contribution < -0.4 is 10.5 Å². The van der Waals surface area contributed by atoms with Gasteiger partial charge in [0.2, 0.25) is 5.95 Å². The molecule has 148 valence electrons. The number of hydrogen-bond acceptors (Lipinski definition) is 6. The molecule has 0 amide bonds. The molecule has 1 aromatic carbocycles. The summed E-state index contributed by atoms with van der Waals surface area (Å²) in [4.78, 5) is 26.5. The van der Waals surface area contributed by atoms with Crippen molar-refractivity contribution in [2.45, 2.75) is 13.5 Å². The third-order valence-corrected chi connectivity index (χ3v) is 5.75. The molecule has 3 aromatic heterocycles. The number of aromatic amines is 1. The van der Waals surface area contributed by atoms with E-state index in [-0.39, 0.29) is 5.56 Å². The van der Waals surface area contributed by atoms with Gasteiger partial charge >= 0.3 is 0 Å². The molecule has 1 aliphatic heterocycles. The number of benzene rings is 1. The Kier molecular flexibility index (Phi) is 4.28. The lowest BCUT2D eigenvalue weighted by molar-refractivity contribution is 0.311. The van der Waals surface area contributed by atoms with Crippen LogP contribution >= 0.6 is 0 Å². The lowest BCUT2D eigenvalue weighted by Gasteiger charge is -2.32. The SMILES string of the molecule is CCn1c(=O)c2cn[nH]c2c2ccc(-c3cnc(N4CCN(C)CC4)nc3)cc21. The number of H-pyrrole nitrogens is 1. The standard InChI is InChI=1S/C21H23N7O/c1-3-28-18-10-14(4-5-16(18)19-17(20(28)29)13-24-25-19)15-11-22-21(23-12-15)27-8-6-26(2)7-9-27/h4-5,10-13H,3,6-9H2,1-2H3,(H,24,25). The summed E-state index contributed by atoms with van der Waals surface area (Å²) in [6, 6.07) is 6.11. The van der Waals surface area contributed by atoms with Crippen molar-refractivity contribution in [3.05, 3.63) is 47.1 Å². The Morgan fingerprint density at radius 2 is 1.76 bits per heavy atom. The van der Waals surface area contributed by atoms with Crippen LogP contribution in [0.15, 0.2) is 41.6 Å². The predicted octanol–water partition coefficient (Wildman–Crippen LogP) is 2.11. The molecule has 1 N–H and O–H groups in total. The zero-order chi connectivity index (χ0) is 20.0. The maximum absolute atomic E-state index is 12.8. The molecule has 5 rings (SSSR count). The number of fused-ring (bicyclic) bond motifs is 3. The Morgan fingerprint density at radius 3 is 2.48 bits per heavy atom. The zero-order valence-electron chi connectivity index (χ0n) is 16.6. The maximum Gasteiger partial charge on any atom is 0.262 e. The number of piperazine rings is 1. The highest BCUT2D eigenvalue weighted by molar-refractivity contribution is 6.04. The molecule has 8 nitrogen and oxygen atoms in total. The van der Waals surface area contributed by atoms with Crippen molar-refractivity contribution in [3.63, 3.8) is 0 Å². The molecule has 29 heavy (non-hydrogen) atoms. The number of pyridine rings is 1. The number of hydrogen-bond donors (Lipinski definition) is 1.